The summed E-state index contributed by atoms with van der Waals surface area (Å²) in [4.78, 5) is 24.2. The van der Waals surface area contributed by atoms with Gasteiger partial charge in [-0.05, 0) is 31.6 Å². The lowest BCUT2D eigenvalue weighted by molar-refractivity contribution is -0.148. The van der Waals surface area contributed by atoms with E-state index in [2.05, 4.69) is 0 Å². The zero-order chi connectivity index (χ0) is 18.7. The Labute approximate surface area is 145 Å². The number of carbonyl (C=O) groups excluding carboxylic acids is 2. The van der Waals surface area contributed by atoms with Crippen molar-refractivity contribution in [3.8, 4) is 0 Å². The van der Waals surface area contributed by atoms with Gasteiger partial charge in [0.2, 0.25) is 0 Å². The van der Waals surface area contributed by atoms with E-state index in [4.69, 9.17) is 9.47 Å². The van der Waals surface area contributed by atoms with Gasteiger partial charge in [-0.2, -0.15) is 0 Å². The van der Waals surface area contributed by atoms with Crippen LogP contribution in [0.25, 0.3) is 0 Å². The van der Waals surface area contributed by atoms with E-state index < -0.39 is 11.5 Å². The number of epoxide rings is 1. The SMILES string of the molecule is CC(=O)O[C@H](C[C@@H](C)[C@H]1C(=O)[C@H](O)C(C)(C)C1(C)C)[C@@H]1OC1(C)C. The molecule has 1 heterocycles. The molecule has 138 valence electrons. The molecule has 0 aromatic rings. The molecule has 0 radical (unpaired) electrons. The molecule has 0 bridgehead atoms. The average Bonchev–Trinajstić information content (AvgIpc) is 3.01. The van der Waals surface area contributed by atoms with Crippen LogP contribution in [0.3, 0.4) is 0 Å². The summed E-state index contributed by atoms with van der Waals surface area (Å²) in [6.07, 6.45) is -0.907. The Morgan fingerprint density at radius 3 is 2.04 bits per heavy atom. The summed E-state index contributed by atoms with van der Waals surface area (Å²) < 4.78 is 11.1. The van der Waals surface area contributed by atoms with Crippen molar-refractivity contribution in [2.45, 2.75) is 85.7 Å². The maximum absolute atomic E-state index is 12.7. The number of Topliss-reactive ketones (excluding diaryl/α,β-unsaturated/α-hetero) is 1. The molecule has 0 unspecified atom stereocenters. The van der Waals surface area contributed by atoms with Crippen molar-refractivity contribution in [1.29, 1.82) is 0 Å². The number of hydrogen-bond acceptors (Lipinski definition) is 5. The van der Waals surface area contributed by atoms with E-state index in [1.54, 1.807) is 0 Å². The molecule has 1 saturated carbocycles. The molecule has 5 heteroatoms. The van der Waals surface area contributed by atoms with Crippen molar-refractivity contribution in [2.24, 2.45) is 22.7 Å². The van der Waals surface area contributed by atoms with Gasteiger partial charge in [0.15, 0.2) is 5.78 Å². The molecular formula is C19H32O5. The second-order valence-electron chi connectivity index (χ2n) is 9.23. The fourth-order valence-corrected chi connectivity index (χ4v) is 4.39. The highest BCUT2D eigenvalue weighted by molar-refractivity contribution is 5.90. The van der Waals surface area contributed by atoms with Crippen molar-refractivity contribution in [3.05, 3.63) is 0 Å². The first kappa shape index (κ1) is 19.4. The molecule has 0 spiro atoms. The normalized spacial score (nSPS) is 35.4. The van der Waals surface area contributed by atoms with Crippen molar-refractivity contribution < 1.29 is 24.2 Å². The van der Waals surface area contributed by atoms with Crippen LogP contribution in [0.15, 0.2) is 0 Å². The van der Waals surface area contributed by atoms with Crippen LogP contribution in [0.4, 0.5) is 0 Å². The van der Waals surface area contributed by atoms with Crippen LogP contribution < -0.4 is 0 Å². The molecule has 1 aliphatic carbocycles. The van der Waals surface area contributed by atoms with Crippen LogP contribution in [0, 0.1) is 22.7 Å². The van der Waals surface area contributed by atoms with E-state index in [0.717, 1.165) is 0 Å². The maximum atomic E-state index is 12.7. The number of esters is 1. The largest absolute Gasteiger partial charge is 0.460 e. The molecule has 0 aromatic carbocycles. The maximum Gasteiger partial charge on any atom is 0.302 e. The minimum Gasteiger partial charge on any atom is -0.460 e. The smallest absolute Gasteiger partial charge is 0.302 e. The van der Waals surface area contributed by atoms with Gasteiger partial charge >= 0.3 is 5.97 Å². The summed E-state index contributed by atoms with van der Waals surface area (Å²) in [6, 6.07) is 0. The lowest BCUT2D eigenvalue weighted by Gasteiger charge is -2.41. The van der Waals surface area contributed by atoms with Crippen LogP contribution in [-0.2, 0) is 19.1 Å². The quantitative estimate of drug-likeness (QED) is 0.615. The van der Waals surface area contributed by atoms with Gasteiger partial charge in [-0.25, -0.2) is 0 Å². The number of aliphatic hydroxyl groups excluding tert-OH is 1. The molecule has 24 heavy (non-hydrogen) atoms. The highest BCUT2D eigenvalue weighted by Crippen LogP contribution is 2.57. The van der Waals surface area contributed by atoms with Gasteiger partial charge in [0.25, 0.3) is 0 Å². The van der Waals surface area contributed by atoms with Gasteiger partial charge in [-0.1, -0.05) is 34.6 Å². The first-order valence-electron chi connectivity index (χ1n) is 8.80. The fraction of sp³-hybridized carbons (Fsp3) is 0.895. The number of aliphatic hydroxyl groups is 1. The van der Waals surface area contributed by atoms with Crippen LogP contribution >= 0.6 is 0 Å². The van der Waals surface area contributed by atoms with Crippen molar-refractivity contribution >= 4 is 11.8 Å². The lowest BCUT2D eigenvalue weighted by Crippen LogP contribution is -2.39. The van der Waals surface area contributed by atoms with Gasteiger partial charge in [0.05, 0.1) is 5.60 Å². The number of hydrogen-bond donors (Lipinski definition) is 1. The third-order valence-electron chi connectivity index (χ3n) is 6.58. The van der Waals surface area contributed by atoms with Crippen LogP contribution in [-0.4, -0.2) is 40.8 Å². The third-order valence-corrected chi connectivity index (χ3v) is 6.58. The highest BCUT2D eigenvalue weighted by Gasteiger charge is 2.62. The van der Waals surface area contributed by atoms with Crippen molar-refractivity contribution in [1.82, 2.24) is 0 Å². The molecule has 2 rings (SSSR count). The zero-order valence-corrected chi connectivity index (χ0v) is 16.2. The van der Waals surface area contributed by atoms with Crippen LogP contribution in [0.1, 0.15) is 61.8 Å². The predicted octanol–water partition coefficient (Wildman–Crippen LogP) is 2.73. The number of ether oxygens (including phenoxy) is 2. The summed E-state index contributed by atoms with van der Waals surface area (Å²) in [7, 11) is 0. The van der Waals surface area contributed by atoms with E-state index in [-0.39, 0.29) is 46.8 Å². The Morgan fingerprint density at radius 2 is 1.71 bits per heavy atom. The van der Waals surface area contributed by atoms with Crippen LogP contribution in [0.2, 0.25) is 0 Å². The van der Waals surface area contributed by atoms with E-state index in [9.17, 15) is 14.7 Å². The summed E-state index contributed by atoms with van der Waals surface area (Å²) in [5.74, 6) is -0.735. The molecule has 0 aromatic heterocycles. The molecule has 1 N–H and O–H groups in total. The van der Waals surface area contributed by atoms with E-state index >= 15 is 0 Å². The molecule has 2 fully saturated rings. The number of carbonyl (C=O) groups is 2. The summed E-state index contributed by atoms with van der Waals surface area (Å²) in [6.45, 7) is 15.3. The van der Waals surface area contributed by atoms with E-state index in [0.29, 0.717) is 6.42 Å². The van der Waals surface area contributed by atoms with Gasteiger partial charge in [-0.15, -0.1) is 0 Å². The molecule has 1 aliphatic heterocycles. The molecular weight excluding hydrogens is 308 g/mol. The molecule has 5 nitrogen and oxygen atoms in total. The first-order valence-corrected chi connectivity index (χ1v) is 8.80. The fourth-order valence-electron chi connectivity index (χ4n) is 4.39. The minimum atomic E-state index is -0.958. The topological polar surface area (TPSA) is 76.1 Å². The molecule has 5 atom stereocenters. The van der Waals surface area contributed by atoms with Crippen molar-refractivity contribution in [2.75, 3.05) is 0 Å². The lowest BCUT2D eigenvalue weighted by atomic mass is 9.63. The minimum absolute atomic E-state index is 0.0201. The van der Waals surface area contributed by atoms with Gasteiger partial charge in [0, 0.05) is 18.3 Å². The molecule has 0 amide bonds. The Bertz CT molecular complexity index is 534. The molecule has 1 saturated heterocycles. The summed E-state index contributed by atoms with van der Waals surface area (Å²) in [5, 5.41) is 10.4. The standard InChI is InChI=1S/C19H32O5/c1-10(9-12(23-11(2)20)16-19(7,8)24-16)13-14(21)15(22)18(5,6)17(13,3)4/h10,12-13,15-16,22H,9H2,1-8H3/t10-,12-,13+,15+,16+/m1/s1. The first-order chi connectivity index (χ1) is 10.7. The van der Waals surface area contributed by atoms with E-state index in [1.807, 2.05) is 48.5 Å². The summed E-state index contributed by atoms with van der Waals surface area (Å²) in [5.41, 5.74) is -1.13. The Kier molecular flexibility index (Phi) is 4.69. The summed E-state index contributed by atoms with van der Waals surface area (Å²) >= 11 is 0. The van der Waals surface area contributed by atoms with Gasteiger partial charge < -0.3 is 14.6 Å². The second-order valence-corrected chi connectivity index (χ2v) is 9.23. The van der Waals surface area contributed by atoms with E-state index in [1.165, 1.54) is 6.92 Å². The van der Waals surface area contributed by atoms with Gasteiger partial charge in [-0.3, -0.25) is 9.59 Å². The van der Waals surface area contributed by atoms with Gasteiger partial charge in [0.1, 0.15) is 18.3 Å². The Hall–Kier alpha value is -0.940. The average molecular weight is 340 g/mol. The monoisotopic (exact) mass is 340 g/mol. The number of rotatable bonds is 5. The predicted molar refractivity (Wildman–Crippen MR) is 90.4 cm³/mol. The van der Waals surface area contributed by atoms with Crippen molar-refractivity contribution in [3.63, 3.8) is 0 Å². The zero-order valence-electron chi connectivity index (χ0n) is 16.2. The third kappa shape index (κ3) is 3.01. The van der Waals surface area contributed by atoms with Crippen LogP contribution in [0.5, 0.6) is 0 Å². The number of ketones is 1. The Morgan fingerprint density at radius 1 is 1.21 bits per heavy atom. The molecule has 2 aliphatic rings. The highest BCUT2D eigenvalue weighted by atomic mass is 16.6. The second kappa shape index (κ2) is 5.80. The Balaban J connectivity index is 2.19.